The number of allylic oxidation sites excluding steroid dienone is 1. The zero-order valence-electron chi connectivity index (χ0n) is 12.3. The number of hydrogen-bond acceptors (Lipinski definition) is 1. The summed E-state index contributed by atoms with van der Waals surface area (Å²) < 4.78 is 28.2. The Kier molecular flexibility index (Phi) is 4.01. The van der Waals surface area contributed by atoms with Crippen LogP contribution in [0.15, 0.2) is 30.4 Å². The summed E-state index contributed by atoms with van der Waals surface area (Å²) in [5, 5.41) is 10.2. The van der Waals surface area contributed by atoms with E-state index in [1.165, 1.54) is 12.1 Å². The third-order valence-corrected chi connectivity index (χ3v) is 4.20. The SMILES string of the molecule is C=C(C)C1CC(C)(O)CC(F)C1c1cc(C)cc(F)c1. The second-order valence-electron chi connectivity index (χ2n) is 6.46. The molecule has 0 radical (unpaired) electrons. The highest BCUT2D eigenvalue weighted by atomic mass is 19.1. The molecule has 0 heterocycles. The molecule has 1 saturated carbocycles. The first kappa shape index (κ1) is 15.2. The lowest BCUT2D eigenvalue weighted by Crippen LogP contribution is -2.42. The van der Waals surface area contributed by atoms with Crippen molar-refractivity contribution in [3.8, 4) is 0 Å². The predicted molar refractivity (Wildman–Crippen MR) is 76.9 cm³/mol. The summed E-state index contributed by atoms with van der Waals surface area (Å²) in [7, 11) is 0. The highest BCUT2D eigenvalue weighted by Gasteiger charge is 2.44. The summed E-state index contributed by atoms with van der Waals surface area (Å²) in [6.45, 7) is 9.23. The van der Waals surface area contributed by atoms with E-state index in [4.69, 9.17) is 0 Å². The van der Waals surface area contributed by atoms with Crippen LogP contribution in [0.5, 0.6) is 0 Å². The molecule has 0 bridgehead atoms. The number of benzene rings is 1. The maximum absolute atomic E-state index is 14.6. The molecule has 20 heavy (non-hydrogen) atoms. The van der Waals surface area contributed by atoms with E-state index in [1.54, 1.807) is 13.8 Å². The van der Waals surface area contributed by atoms with Gasteiger partial charge in [0, 0.05) is 12.3 Å². The van der Waals surface area contributed by atoms with Gasteiger partial charge < -0.3 is 5.11 Å². The van der Waals surface area contributed by atoms with Gasteiger partial charge in [-0.15, -0.1) is 0 Å². The largest absolute Gasteiger partial charge is 0.390 e. The van der Waals surface area contributed by atoms with Crippen molar-refractivity contribution < 1.29 is 13.9 Å². The van der Waals surface area contributed by atoms with Crippen LogP contribution in [-0.4, -0.2) is 16.9 Å². The molecular formula is C17H22F2O. The van der Waals surface area contributed by atoms with E-state index in [9.17, 15) is 13.9 Å². The molecule has 110 valence electrons. The maximum Gasteiger partial charge on any atom is 0.123 e. The van der Waals surface area contributed by atoms with Crippen LogP contribution in [0, 0.1) is 18.7 Å². The molecule has 1 N–H and O–H groups in total. The van der Waals surface area contributed by atoms with Gasteiger partial charge in [-0.05, 0) is 56.4 Å². The Bertz CT molecular complexity index is 501. The minimum absolute atomic E-state index is 0.0804. The minimum atomic E-state index is -1.19. The molecule has 1 aromatic carbocycles. The van der Waals surface area contributed by atoms with Crippen LogP contribution >= 0.6 is 0 Å². The van der Waals surface area contributed by atoms with Crippen molar-refractivity contribution in [3.05, 3.63) is 47.3 Å². The molecule has 0 aliphatic heterocycles. The minimum Gasteiger partial charge on any atom is -0.390 e. The molecule has 0 amide bonds. The summed E-state index contributed by atoms with van der Waals surface area (Å²) in [5.41, 5.74) is 1.25. The Hall–Kier alpha value is -1.22. The lowest BCUT2D eigenvalue weighted by molar-refractivity contribution is -0.0335. The van der Waals surface area contributed by atoms with Gasteiger partial charge in [-0.25, -0.2) is 8.78 Å². The van der Waals surface area contributed by atoms with Crippen LogP contribution in [0.4, 0.5) is 8.78 Å². The summed E-state index contributed by atoms with van der Waals surface area (Å²) >= 11 is 0. The van der Waals surface area contributed by atoms with Crippen molar-refractivity contribution >= 4 is 0 Å². The monoisotopic (exact) mass is 280 g/mol. The smallest absolute Gasteiger partial charge is 0.123 e. The average molecular weight is 280 g/mol. The van der Waals surface area contributed by atoms with Gasteiger partial charge in [0.1, 0.15) is 12.0 Å². The molecule has 0 spiro atoms. The molecule has 2 rings (SSSR count). The lowest BCUT2D eigenvalue weighted by Gasteiger charge is -2.42. The quantitative estimate of drug-likeness (QED) is 0.801. The topological polar surface area (TPSA) is 20.2 Å². The second-order valence-corrected chi connectivity index (χ2v) is 6.46. The number of hydrogen-bond donors (Lipinski definition) is 1. The van der Waals surface area contributed by atoms with E-state index < -0.39 is 17.7 Å². The fraction of sp³-hybridized carbons (Fsp3) is 0.529. The summed E-state index contributed by atoms with van der Waals surface area (Å²) in [5.74, 6) is -0.943. The second kappa shape index (κ2) is 5.28. The number of rotatable bonds is 2. The Labute approximate surface area is 119 Å². The molecule has 1 nitrogen and oxygen atoms in total. The van der Waals surface area contributed by atoms with Gasteiger partial charge in [-0.2, -0.15) is 0 Å². The highest BCUT2D eigenvalue weighted by molar-refractivity contribution is 5.31. The molecule has 1 aromatic rings. The van der Waals surface area contributed by atoms with Crippen molar-refractivity contribution in [2.75, 3.05) is 0 Å². The summed E-state index contributed by atoms with van der Waals surface area (Å²) in [4.78, 5) is 0. The lowest BCUT2D eigenvalue weighted by atomic mass is 9.66. The number of aryl methyl sites for hydroxylation is 1. The Morgan fingerprint density at radius 2 is 2.00 bits per heavy atom. The number of halogens is 2. The molecule has 0 aromatic heterocycles. The Morgan fingerprint density at radius 3 is 2.55 bits per heavy atom. The van der Waals surface area contributed by atoms with E-state index >= 15 is 0 Å². The summed E-state index contributed by atoms with van der Waals surface area (Å²) in [6, 6.07) is 4.67. The van der Waals surface area contributed by atoms with Crippen LogP contribution in [-0.2, 0) is 0 Å². The van der Waals surface area contributed by atoms with E-state index in [2.05, 4.69) is 6.58 Å². The van der Waals surface area contributed by atoms with Crippen LogP contribution < -0.4 is 0 Å². The molecule has 4 unspecified atom stereocenters. The van der Waals surface area contributed by atoms with E-state index in [-0.39, 0.29) is 18.2 Å². The van der Waals surface area contributed by atoms with E-state index in [0.29, 0.717) is 12.0 Å². The average Bonchev–Trinajstić information content (AvgIpc) is 2.24. The Morgan fingerprint density at radius 1 is 1.35 bits per heavy atom. The molecule has 0 saturated heterocycles. The van der Waals surface area contributed by atoms with Gasteiger partial charge in [0.25, 0.3) is 0 Å². The first-order valence-electron chi connectivity index (χ1n) is 6.98. The fourth-order valence-corrected chi connectivity index (χ4v) is 3.36. The molecular weight excluding hydrogens is 258 g/mol. The number of aliphatic hydroxyl groups is 1. The normalized spacial score (nSPS) is 34.0. The van der Waals surface area contributed by atoms with Gasteiger partial charge in [0.05, 0.1) is 5.60 Å². The fourth-order valence-electron chi connectivity index (χ4n) is 3.36. The van der Waals surface area contributed by atoms with Crippen LogP contribution in [0.1, 0.15) is 43.7 Å². The van der Waals surface area contributed by atoms with E-state index in [1.807, 2.05) is 13.0 Å². The third kappa shape index (κ3) is 3.09. The van der Waals surface area contributed by atoms with Crippen LogP contribution in [0.25, 0.3) is 0 Å². The van der Waals surface area contributed by atoms with Crippen LogP contribution in [0.3, 0.4) is 0 Å². The maximum atomic E-state index is 14.6. The molecule has 1 aliphatic rings. The molecule has 1 aliphatic carbocycles. The predicted octanol–water partition coefficient (Wildman–Crippen LogP) is 4.29. The zero-order valence-corrected chi connectivity index (χ0v) is 12.3. The van der Waals surface area contributed by atoms with Gasteiger partial charge in [-0.3, -0.25) is 0 Å². The standard InChI is InChI=1S/C17H22F2O/c1-10(2)14-8-17(4,20)9-15(19)16(14)12-5-11(3)6-13(18)7-12/h5-7,14-16,20H,1,8-9H2,2-4H3. The van der Waals surface area contributed by atoms with E-state index in [0.717, 1.165) is 11.1 Å². The van der Waals surface area contributed by atoms with Gasteiger partial charge in [0.15, 0.2) is 0 Å². The van der Waals surface area contributed by atoms with Gasteiger partial charge >= 0.3 is 0 Å². The van der Waals surface area contributed by atoms with Crippen molar-refractivity contribution in [2.45, 2.75) is 51.3 Å². The molecule has 3 heteroatoms. The third-order valence-electron chi connectivity index (χ3n) is 4.20. The first-order chi connectivity index (χ1) is 9.19. The van der Waals surface area contributed by atoms with Crippen LogP contribution in [0.2, 0.25) is 0 Å². The van der Waals surface area contributed by atoms with Crippen molar-refractivity contribution in [2.24, 2.45) is 5.92 Å². The van der Waals surface area contributed by atoms with Crippen molar-refractivity contribution in [1.82, 2.24) is 0 Å². The molecule has 4 atom stereocenters. The van der Waals surface area contributed by atoms with Gasteiger partial charge in [-0.1, -0.05) is 18.2 Å². The van der Waals surface area contributed by atoms with Gasteiger partial charge in [0.2, 0.25) is 0 Å². The highest BCUT2D eigenvalue weighted by Crippen LogP contribution is 2.46. The first-order valence-corrected chi connectivity index (χ1v) is 6.98. The molecule has 1 fully saturated rings. The summed E-state index contributed by atoms with van der Waals surface area (Å²) in [6.07, 6.45) is -0.651. The van der Waals surface area contributed by atoms with Crippen molar-refractivity contribution in [3.63, 3.8) is 0 Å². The van der Waals surface area contributed by atoms with Crippen molar-refractivity contribution in [1.29, 1.82) is 0 Å². The zero-order chi connectivity index (χ0) is 15.1. The number of alkyl halides is 1. The Balaban J connectivity index is 2.43.